The number of carbonyl (C=O) groups excluding carboxylic acids is 2. The number of hydrogen-bond donors (Lipinski definition) is 0. The van der Waals surface area contributed by atoms with Gasteiger partial charge in [0.05, 0.1) is 6.61 Å². The number of carbonyl (C=O) groups is 2. The summed E-state index contributed by atoms with van der Waals surface area (Å²) in [6.45, 7) is 4.04. The number of hydrogen-bond acceptors (Lipinski definition) is 4. The van der Waals surface area contributed by atoms with Gasteiger partial charge in [0, 0.05) is 12.2 Å². The van der Waals surface area contributed by atoms with E-state index in [1.54, 1.807) is 0 Å². The van der Waals surface area contributed by atoms with E-state index in [0.717, 1.165) is 12.2 Å². The maximum Gasteiger partial charge on any atom is 0.331 e. The van der Waals surface area contributed by atoms with Gasteiger partial charge in [-0.15, -0.1) is 6.42 Å². The van der Waals surface area contributed by atoms with Crippen LogP contribution in [0.3, 0.4) is 0 Å². The van der Waals surface area contributed by atoms with Gasteiger partial charge in [-0.3, -0.25) is 0 Å². The van der Waals surface area contributed by atoms with Crippen LogP contribution in [0.25, 0.3) is 0 Å². The molecule has 0 radical (unpaired) electrons. The van der Waals surface area contributed by atoms with Crippen molar-refractivity contribution in [1.82, 2.24) is 0 Å². The van der Waals surface area contributed by atoms with Crippen molar-refractivity contribution in [2.45, 2.75) is 13.8 Å². The Morgan fingerprint density at radius 1 is 1.27 bits per heavy atom. The van der Waals surface area contributed by atoms with Crippen LogP contribution in [0.5, 0.6) is 0 Å². The Kier molecular flexibility index (Phi) is 6.73. The Morgan fingerprint density at radius 2 is 1.80 bits per heavy atom. The molecule has 0 amide bonds. The lowest BCUT2D eigenvalue weighted by atomic mass is 10.2. The highest BCUT2D eigenvalue weighted by Gasteiger charge is 2.01. The van der Waals surface area contributed by atoms with Crippen molar-refractivity contribution in [2.75, 3.05) is 13.2 Å². The first-order valence-corrected chi connectivity index (χ1v) is 4.51. The smallest absolute Gasteiger partial charge is 0.331 e. The molecule has 0 saturated carbocycles. The molecule has 0 aliphatic rings. The molecule has 82 valence electrons. The van der Waals surface area contributed by atoms with Crippen LogP contribution in [-0.2, 0) is 19.1 Å². The summed E-state index contributed by atoms with van der Waals surface area (Å²) < 4.78 is 9.28. The van der Waals surface area contributed by atoms with Crippen LogP contribution < -0.4 is 0 Å². The first kappa shape index (κ1) is 13.2. The summed E-state index contributed by atoms with van der Waals surface area (Å²) in [6.07, 6.45) is 6.87. The zero-order valence-corrected chi connectivity index (χ0v) is 8.86. The van der Waals surface area contributed by atoms with Crippen LogP contribution in [0.4, 0.5) is 0 Å². The average Bonchev–Trinajstić information content (AvgIpc) is 2.20. The van der Waals surface area contributed by atoms with Crippen LogP contribution >= 0.6 is 0 Å². The summed E-state index contributed by atoms with van der Waals surface area (Å²) in [5.74, 6) is 1.17. The number of esters is 2. The molecule has 15 heavy (non-hydrogen) atoms. The van der Waals surface area contributed by atoms with E-state index in [4.69, 9.17) is 11.2 Å². The van der Waals surface area contributed by atoms with E-state index < -0.39 is 11.9 Å². The largest absolute Gasteiger partial charge is 0.462 e. The molecule has 0 bridgehead atoms. The van der Waals surface area contributed by atoms with Gasteiger partial charge >= 0.3 is 11.9 Å². The lowest BCUT2D eigenvalue weighted by Gasteiger charge is -2.03. The molecular weight excluding hydrogens is 196 g/mol. The molecule has 4 nitrogen and oxygen atoms in total. The van der Waals surface area contributed by atoms with Gasteiger partial charge in [0.25, 0.3) is 0 Å². The van der Waals surface area contributed by atoms with Gasteiger partial charge in [0.1, 0.15) is 0 Å². The van der Waals surface area contributed by atoms with Gasteiger partial charge < -0.3 is 9.47 Å². The van der Waals surface area contributed by atoms with Gasteiger partial charge in [-0.2, -0.15) is 0 Å². The third-order valence-electron chi connectivity index (χ3n) is 1.21. The first-order chi connectivity index (χ1) is 7.06. The molecule has 0 aliphatic carbocycles. The van der Waals surface area contributed by atoms with E-state index in [1.807, 2.05) is 13.8 Å². The van der Waals surface area contributed by atoms with Gasteiger partial charge in [-0.1, -0.05) is 19.8 Å². The average molecular weight is 210 g/mol. The van der Waals surface area contributed by atoms with E-state index in [9.17, 15) is 9.59 Å². The van der Waals surface area contributed by atoms with Crippen LogP contribution in [-0.4, -0.2) is 25.2 Å². The molecule has 0 aromatic rings. The van der Waals surface area contributed by atoms with E-state index in [2.05, 4.69) is 10.7 Å². The molecule has 0 atom stereocenters. The van der Waals surface area contributed by atoms with Gasteiger partial charge in [-0.25, -0.2) is 9.59 Å². The standard InChI is InChI=1S/C11H14O4/c1-4-7-14-10(12)5-6-11(13)15-8-9(2)3/h1,5-6,9H,7-8H2,2-3H3/b6-5+. The predicted molar refractivity (Wildman–Crippen MR) is 54.7 cm³/mol. The monoisotopic (exact) mass is 210 g/mol. The Labute approximate surface area is 89.2 Å². The molecule has 0 spiro atoms. The lowest BCUT2D eigenvalue weighted by molar-refractivity contribution is -0.140. The second-order valence-electron chi connectivity index (χ2n) is 3.17. The third-order valence-corrected chi connectivity index (χ3v) is 1.21. The second-order valence-corrected chi connectivity index (χ2v) is 3.17. The first-order valence-electron chi connectivity index (χ1n) is 4.51. The summed E-state index contributed by atoms with van der Waals surface area (Å²) >= 11 is 0. The summed E-state index contributed by atoms with van der Waals surface area (Å²) in [7, 11) is 0. The second kappa shape index (κ2) is 7.63. The topological polar surface area (TPSA) is 52.6 Å². The van der Waals surface area contributed by atoms with E-state index in [0.29, 0.717) is 6.61 Å². The van der Waals surface area contributed by atoms with Crippen molar-refractivity contribution in [3.8, 4) is 12.3 Å². The van der Waals surface area contributed by atoms with Crippen molar-refractivity contribution in [3.63, 3.8) is 0 Å². The fourth-order valence-corrected chi connectivity index (χ4v) is 0.594. The van der Waals surface area contributed by atoms with Crippen molar-refractivity contribution < 1.29 is 19.1 Å². The fourth-order valence-electron chi connectivity index (χ4n) is 0.594. The molecule has 0 unspecified atom stereocenters. The number of terminal acetylenes is 1. The fraction of sp³-hybridized carbons (Fsp3) is 0.455. The summed E-state index contributed by atoms with van der Waals surface area (Å²) in [5, 5.41) is 0. The quantitative estimate of drug-likeness (QED) is 0.384. The molecule has 0 saturated heterocycles. The molecule has 0 aliphatic heterocycles. The number of ether oxygens (including phenoxy) is 2. The van der Waals surface area contributed by atoms with Crippen molar-refractivity contribution in [3.05, 3.63) is 12.2 Å². The third kappa shape index (κ3) is 8.57. The SMILES string of the molecule is C#CCOC(=O)/C=C/C(=O)OCC(C)C. The Bertz CT molecular complexity index is 283. The zero-order chi connectivity index (χ0) is 11.7. The van der Waals surface area contributed by atoms with Crippen LogP contribution in [0, 0.1) is 18.3 Å². The Balaban J connectivity index is 3.80. The molecule has 0 fully saturated rings. The normalized spacial score (nSPS) is 10.0. The Hall–Kier alpha value is -1.76. The van der Waals surface area contributed by atoms with Crippen LogP contribution in [0.1, 0.15) is 13.8 Å². The van der Waals surface area contributed by atoms with Crippen molar-refractivity contribution >= 4 is 11.9 Å². The zero-order valence-electron chi connectivity index (χ0n) is 8.86. The highest BCUT2D eigenvalue weighted by Crippen LogP contribution is 1.93. The van der Waals surface area contributed by atoms with Crippen molar-refractivity contribution in [1.29, 1.82) is 0 Å². The van der Waals surface area contributed by atoms with E-state index in [1.165, 1.54) is 0 Å². The molecule has 4 heteroatoms. The maximum absolute atomic E-state index is 11.0. The van der Waals surface area contributed by atoms with Gasteiger partial charge in [-0.05, 0) is 5.92 Å². The summed E-state index contributed by atoms with van der Waals surface area (Å²) in [4.78, 5) is 21.8. The molecular formula is C11H14O4. The van der Waals surface area contributed by atoms with Gasteiger partial charge in [0.15, 0.2) is 6.61 Å². The lowest BCUT2D eigenvalue weighted by Crippen LogP contribution is -2.08. The molecule has 0 aromatic carbocycles. The van der Waals surface area contributed by atoms with E-state index in [-0.39, 0.29) is 12.5 Å². The maximum atomic E-state index is 11.0. The van der Waals surface area contributed by atoms with Crippen LogP contribution in [0.2, 0.25) is 0 Å². The highest BCUT2D eigenvalue weighted by molar-refractivity contribution is 5.91. The molecule has 0 heterocycles. The predicted octanol–water partition coefficient (Wildman–Crippen LogP) is 0.918. The van der Waals surface area contributed by atoms with Crippen molar-refractivity contribution in [2.24, 2.45) is 5.92 Å². The summed E-state index contributed by atoms with van der Waals surface area (Å²) in [5.41, 5.74) is 0. The molecule has 0 rings (SSSR count). The molecule has 0 aromatic heterocycles. The molecule has 0 N–H and O–H groups in total. The van der Waals surface area contributed by atoms with Gasteiger partial charge in [0.2, 0.25) is 0 Å². The minimum absolute atomic E-state index is 0.107. The minimum atomic E-state index is -0.658. The summed E-state index contributed by atoms with van der Waals surface area (Å²) in [6, 6.07) is 0. The van der Waals surface area contributed by atoms with Crippen LogP contribution in [0.15, 0.2) is 12.2 Å². The van der Waals surface area contributed by atoms with E-state index >= 15 is 0 Å². The number of rotatable bonds is 5. The highest BCUT2D eigenvalue weighted by atomic mass is 16.5. The Morgan fingerprint density at radius 3 is 2.27 bits per heavy atom. The minimum Gasteiger partial charge on any atom is -0.462 e.